The number of rotatable bonds is 3. The molecule has 15 heavy (non-hydrogen) atoms. The van der Waals surface area contributed by atoms with Crippen molar-refractivity contribution in [1.29, 1.82) is 0 Å². The fraction of sp³-hybridized carbons (Fsp3) is 0.250. The molecule has 81 valence electrons. The summed E-state index contributed by atoms with van der Waals surface area (Å²) in [6, 6.07) is 5.36. The Balaban J connectivity index is 2.70. The van der Waals surface area contributed by atoms with Gasteiger partial charge in [-0.1, -0.05) is 0 Å². The number of nitro groups is 1. The Morgan fingerprint density at radius 1 is 1.47 bits per heavy atom. The molecular formula is C8H5F3NO3. The lowest BCUT2D eigenvalue weighted by Crippen LogP contribution is -2.19. The summed E-state index contributed by atoms with van der Waals surface area (Å²) < 4.78 is 39.5. The number of nitro benzene ring substituents is 1. The van der Waals surface area contributed by atoms with E-state index in [0.29, 0.717) is 0 Å². The van der Waals surface area contributed by atoms with Gasteiger partial charge >= 0.3 is 6.18 Å². The minimum absolute atomic E-state index is 0.235. The lowest BCUT2D eigenvalue weighted by molar-refractivity contribution is -0.385. The number of non-ortho nitro benzene ring substituents is 1. The lowest BCUT2D eigenvalue weighted by atomic mass is 10.3. The van der Waals surface area contributed by atoms with E-state index in [9.17, 15) is 23.3 Å². The zero-order valence-electron chi connectivity index (χ0n) is 7.25. The van der Waals surface area contributed by atoms with Gasteiger partial charge in [0.1, 0.15) is 5.75 Å². The summed E-state index contributed by atoms with van der Waals surface area (Å²) in [6.45, 7) is -1.48. The van der Waals surface area contributed by atoms with Gasteiger partial charge < -0.3 is 4.74 Å². The molecule has 0 aromatic heterocycles. The highest BCUT2D eigenvalue weighted by Crippen LogP contribution is 2.21. The molecule has 4 nitrogen and oxygen atoms in total. The SMILES string of the molecule is O=[N+]([O-])c1c[c]cc(OCC(F)(F)F)c1. The minimum atomic E-state index is -4.47. The molecule has 0 heterocycles. The Hall–Kier alpha value is -1.79. The van der Waals surface area contributed by atoms with Crippen molar-refractivity contribution in [2.24, 2.45) is 0 Å². The van der Waals surface area contributed by atoms with E-state index in [1.165, 1.54) is 0 Å². The molecule has 0 aliphatic carbocycles. The Bertz CT molecular complexity index is 364. The molecule has 0 unspecified atom stereocenters. The van der Waals surface area contributed by atoms with E-state index >= 15 is 0 Å². The summed E-state index contributed by atoms with van der Waals surface area (Å²) in [7, 11) is 0. The maximum atomic E-state index is 11.7. The number of halogens is 3. The van der Waals surface area contributed by atoms with E-state index in [1.54, 1.807) is 0 Å². The zero-order chi connectivity index (χ0) is 11.5. The van der Waals surface area contributed by atoms with E-state index in [1.807, 2.05) is 0 Å². The number of benzene rings is 1. The van der Waals surface area contributed by atoms with E-state index in [0.717, 1.165) is 18.2 Å². The molecule has 0 amide bonds. The fourth-order valence-electron chi connectivity index (χ4n) is 0.792. The van der Waals surface area contributed by atoms with Crippen molar-refractivity contribution in [3.63, 3.8) is 0 Å². The van der Waals surface area contributed by atoms with Gasteiger partial charge in [0.15, 0.2) is 6.61 Å². The topological polar surface area (TPSA) is 52.4 Å². The molecule has 0 aliphatic heterocycles. The first kappa shape index (κ1) is 11.3. The van der Waals surface area contributed by atoms with Crippen LogP contribution in [0.2, 0.25) is 0 Å². The van der Waals surface area contributed by atoms with Crippen LogP contribution in [0.25, 0.3) is 0 Å². The van der Waals surface area contributed by atoms with Crippen LogP contribution < -0.4 is 4.74 Å². The number of hydrogen-bond donors (Lipinski definition) is 0. The fourth-order valence-corrected chi connectivity index (χ4v) is 0.792. The van der Waals surface area contributed by atoms with Crippen molar-refractivity contribution in [2.75, 3.05) is 6.61 Å². The summed E-state index contributed by atoms with van der Waals surface area (Å²) in [5.74, 6) is -0.235. The first-order chi connectivity index (χ1) is 6.88. The second-order valence-corrected chi connectivity index (χ2v) is 2.59. The maximum Gasteiger partial charge on any atom is 0.422 e. The van der Waals surface area contributed by atoms with Crippen LogP contribution in [0.3, 0.4) is 0 Å². The Labute approximate surface area is 82.4 Å². The zero-order valence-corrected chi connectivity index (χ0v) is 7.25. The Kier molecular flexibility index (Phi) is 3.13. The molecule has 1 aromatic rings. The molecule has 0 atom stereocenters. The number of nitrogens with zero attached hydrogens (tertiary/aromatic N) is 1. The van der Waals surface area contributed by atoms with Crippen LogP contribution in [0.4, 0.5) is 18.9 Å². The van der Waals surface area contributed by atoms with Crippen molar-refractivity contribution in [3.05, 3.63) is 34.4 Å². The molecule has 0 saturated heterocycles. The van der Waals surface area contributed by atoms with Gasteiger partial charge in [-0.25, -0.2) is 0 Å². The average molecular weight is 220 g/mol. The van der Waals surface area contributed by atoms with Gasteiger partial charge in [-0.2, -0.15) is 13.2 Å². The van der Waals surface area contributed by atoms with Crippen molar-refractivity contribution in [2.45, 2.75) is 6.18 Å². The van der Waals surface area contributed by atoms with Gasteiger partial charge in [0, 0.05) is 6.07 Å². The van der Waals surface area contributed by atoms with Crippen LogP contribution in [-0.4, -0.2) is 17.7 Å². The number of hydrogen-bond acceptors (Lipinski definition) is 3. The standard InChI is InChI=1S/C8H5F3NO3/c9-8(10,11)5-15-7-3-1-2-6(4-7)12(13)14/h2-4H,5H2. The Morgan fingerprint density at radius 2 is 2.13 bits per heavy atom. The minimum Gasteiger partial charge on any atom is -0.484 e. The summed E-state index contributed by atoms with van der Waals surface area (Å²) in [6.07, 6.45) is -4.47. The first-order valence-electron chi connectivity index (χ1n) is 3.73. The van der Waals surface area contributed by atoms with Crippen LogP contribution in [0.1, 0.15) is 0 Å². The highest BCUT2D eigenvalue weighted by Gasteiger charge is 2.28. The van der Waals surface area contributed by atoms with Crippen LogP contribution in [-0.2, 0) is 0 Å². The van der Waals surface area contributed by atoms with E-state index in [2.05, 4.69) is 10.8 Å². The van der Waals surface area contributed by atoms with Crippen molar-refractivity contribution in [3.8, 4) is 5.75 Å². The van der Waals surface area contributed by atoms with Crippen LogP contribution in [0.5, 0.6) is 5.75 Å². The predicted octanol–water partition coefficient (Wildman–Crippen LogP) is 2.34. The number of ether oxygens (including phenoxy) is 1. The highest BCUT2D eigenvalue weighted by molar-refractivity contribution is 5.37. The van der Waals surface area contributed by atoms with Gasteiger partial charge in [0.25, 0.3) is 5.69 Å². The average Bonchev–Trinajstić information content (AvgIpc) is 2.14. The highest BCUT2D eigenvalue weighted by atomic mass is 19.4. The maximum absolute atomic E-state index is 11.7. The van der Waals surface area contributed by atoms with Crippen LogP contribution in [0, 0.1) is 16.2 Å². The van der Waals surface area contributed by atoms with Crippen molar-refractivity contribution >= 4 is 5.69 Å². The third kappa shape index (κ3) is 3.84. The first-order valence-corrected chi connectivity index (χ1v) is 3.73. The molecule has 0 aliphatic rings. The summed E-state index contributed by atoms with van der Waals surface area (Å²) in [4.78, 5) is 9.52. The monoisotopic (exact) mass is 220 g/mol. The van der Waals surface area contributed by atoms with Gasteiger partial charge in [-0.15, -0.1) is 0 Å². The predicted molar refractivity (Wildman–Crippen MR) is 43.5 cm³/mol. The second-order valence-electron chi connectivity index (χ2n) is 2.59. The van der Waals surface area contributed by atoms with E-state index in [4.69, 9.17) is 0 Å². The molecule has 0 fully saturated rings. The van der Waals surface area contributed by atoms with Crippen molar-refractivity contribution in [1.82, 2.24) is 0 Å². The molecule has 0 bridgehead atoms. The summed E-state index contributed by atoms with van der Waals surface area (Å²) >= 11 is 0. The lowest BCUT2D eigenvalue weighted by Gasteiger charge is -2.08. The second kappa shape index (κ2) is 4.16. The smallest absolute Gasteiger partial charge is 0.422 e. The normalized spacial score (nSPS) is 11.1. The van der Waals surface area contributed by atoms with Gasteiger partial charge in [0.05, 0.1) is 11.0 Å². The van der Waals surface area contributed by atoms with E-state index in [-0.39, 0.29) is 11.4 Å². The summed E-state index contributed by atoms with van der Waals surface area (Å²) in [5, 5.41) is 10.3. The molecule has 1 aromatic carbocycles. The molecule has 0 saturated carbocycles. The molecule has 0 N–H and O–H groups in total. The molecule has 7 heteroatoms. The third-order valence-corrected chi connectivity index (χ3v) is 1.36. The summed E-state index contributed by atoms with van der Waals surface area (Å²) in [5.41, 5.74) is -0.366. The Morgan fingerprint density at radius 3 is 2.67 bits per heavy atom. The molecule has 1 radical (unpaired) electrons. The van der Waals surface area contributed by atoms with E-state index < -0.39 is 17.7 Å². The quantitative estimate of drug-likeness (QED) is 0.580. The van der Waals surface area contributed by atoms with Crippen molar-refractivity contribution < 1.29 is 22.8 Å². The largest absolute Gasteiger partial charge is 0.484 e. The van der Waals surface area contributed by atoms with Gasteiger partial charge in [-0.3, -0.25) is 10.1 Å². The molecule has 1 rings (SSSR count). The molecular weight excluding hydrogens is 215 g/mol. The molecule has 0 spiro atoms. The van der Waals surface area contributed by atoms with Crippen LogP contribution >= 0.6 is 0 Å². The van der Waals surface area contributed by atoms with Crippen LogP contribution in [0.15, 0.2) is 18.2 Å². The third-order valence-electron chi connectivity index (χ3n) is 1.36. The van der Waals surface area contributed by atoms with Gasteiger partial charge in [0.2, 0.25) is 0 Å². The van der Waals surface area contributed by atoms with Gasteiger partial charge in [-0.05, 0) is 12.1 Å². The number of alkyl halides is 3.